The molecule has 54 heavy (non-hydrogen) atoms. The Kier molecular flexibility index (Phi) is 10.3. The molecule has 0 spiro atoms. The van der Waals surface area contributed by atoms with Gasteiger partial charge in [0, 0.05) is 52.7 Å². The second-order valence-corrected chi connectivity index (χ2v) is 17.8. The van der Waals surface area contributed by atoms with Crippen LogP contribution in [0.2, 0.25) is 0 Å². The first-order chi connectivity index (χ1) is 26.7. The molecule has 262 valence electrons. The predicted molar refractivity (Wildman–Crippen MR) is 241 cm³/mol. The van der Waals surface area contributed by atoms with E-state index in [-0.39, 0.29) is 0 Å². The SMILES string of the molecule is C1=Cc2cc3ccc(cc4ccc(cc5nc(cc1n2)C=C5)[nH]4)[nH]3.c1csc(-c2ccsc2-c2cccs2)c1.c1csc(-c2ccsc2-c2cccs2)c1. The van der Waals surface area contributed by atoms with Crippen molar-refractivity contribution in [3.63, 3.8) is 0 Å². The standard InChI is InChI=1S/C20H14N4.2C12H8S3/c1-2-14-10-16-5-6-18(23-16)12-20-8-7-19(24-20)11-17-4-3-15(22-17)9-13(1)21-14;2*1-3-10(13-6-1)9-5-8-15-12(9)11-4-2-7-14-11/h1-12,21-22H;2*1-8H. The van der Waals surface area contributed by atoms with E-state index >= 15 is 0 Å². The molecule has 2 aliphatic heterocycles. The lowest BCUT2D eigenvalue weighted by Crippen LogP contribution is -1.77. The van der Waals surface area contributed by atoms with Crippen molar-refractivity contribution in [1.29, 1.82) is 0 Å². The monoisotopic (exact) mass is 806 g/mol. The normalized spacial score (nSPS) is 11.6. The maximum Gasteiger partial charge on any atom is 0.0659 e. The summed E-state index contributed by atoms with van der Waals surface area (Å²) in [5.41, 5.74) is 10.6. The third-order valence-electron chi connectivity index (χ3n) is 8.44. The number of aromatic nitrogens is 4. The third-order valence-corrected chi connectivity index (χ3v) is 14.2. The van der Waals surface area contributed by atoms with Gasteiger partial charge in [-0.2, -0.15) is 0 Å². The molecule has 0 saturated heterocycles. The summed E-state index contributed by atoms with van der Waals surface area (Å²) in [6.07, 6.45) is 8.05. The number of rotatable bonds is 4. The molecule has 0 aromatic carbocycles. The molecule has 4 nitrogen and oxygen atoms in total. The molecule has 0 radical (unpaired) electrons. The van der Waals surface area contributed by atoms with Gasteiger partial charge in [-0.25, -0.2) is 9.97 Å². The fourth-order valence-corrected chi connectivity index (χ4v) is 11.2. The van der Waals surface area contributed by atoms with Gasteiger partial charge >= 0.3 is 0 Å². The summed E-state index contributed by atoms with van der Waals surface area (Å²) in [4.78, 5) is 24.3. The van der Waals surface area contributed by atoms with Crippen molar-refractivity contribution in [2.24, 2.45) is 0 Å². The van der Waals surface area contributed by atoms with Crippen LogP contribution in [-0.4, -0.2) is 19.9 Å². The van der Waals surface area contributed by atoms with E-state index in [0.717, 1.165) is 44.8 Å². The van der Waals surface area contributed by atoms with E-state index < -0.39 is 0 Å². The van der Waals surface area contributed by atoms with E-state index in [0.29, 0.717) is 0 Å². The maximum atomic E-state index is 4.62. The van der Waals surface area contributed by atoms with Gasteiger partial charge in [0.15, 0.2) is 0 Å². The lowest BCUT2D eigenvalue weighted by atomic mass is 10.2. The molecule has 11 rings (SSSR count). The number of hydrogen-bond donors (Lipinski definition) is 2. The molecule has 0 amide bonds. The summed E-state index contributed by atoms with van der Waals surface area (Å²) in [6.45, 7) is 0. The molecule has 0 saturated carbocycles. The van der Waals surface area contributed by atoms with Crippen molar-refractivity contribution in [3.8, 4) is 40.4 Å². The first-order valence-corrected chi connectivity index (χ1v) is 22.3. The summed E-state index contributed by atoms with van der Waals surface area (Å²) in [5.74, 6) is 0. The van der Waals surface area contributed by atoms with Crippen molar-refractivity contribution in [3.05, 3.63) is 164 Å². The van der Waals surface area contributed by atoms with E-state index in [2.05, 4.69) is 143 Å². The van der Waals surface area contributed by atoms with Gasteiger partial charge < -0.3 is 9.97 Å². The highest BCUT2D eigenvalue weighted by Gasteiger charge is 2.11. The van der Waals surface area contributed by atoms with Gasteiger partial charge in [0.1, 0.15) is 0 Å². The predicted octanol–water partition coefficient (Wildman–Crippen LogP) is 15.1. The minimum atomic E-state index is 0.915. The highest BCUT2D eigenvalue weighted by molar-refractivity contribution is 7.22. The molecule has 10 heteroatoms. The van der Waals surface area contributed by atoms with Crippen LogP contribution in [0.3, 0.4) is 0 Å². The molecule has 9 aromatic heterocycles. The average Bonchev–Trinajstić information content (AvgIpc) is 4.04. The van der Waals surface area contributed by atoms with Crippen LogP contribution in [-0.2, 0) is 0 Å². The van der Waals surface area contributed by atoms with Crippen molar-refractivity contribution >= 4 is 114 Å². The van der Waals surface area contributed by atoms with Crippen molar-refractivity contribution in [2.45, 2.75) is 0 Å². The van der Waals surface area contributed by atoms with Crippen LogP contribution in [0.1, 0.15) is 22.8 Å². The molecule has 0 aliphatic carbocycles. The number of aromatic amines is 2. The highest BCUT2D eigenvalue weighted by Crippen LogP contribution is 2.41. The summed E-state index contributed by atoms with van der Waals surface area (Å²) in [7, 11) is 0. The van der Waals surface area contributed by atoms with Crippen molar-refractivity contribution < 1.29 is 0 Å². The zero-order valence-corrected chi connectivity index (χ0v) is 33.4. The fourth-order valence-electron chi connectivity index (χ4n) is 6.01. The Morgan fingerprint density at radius 1 is 0.333 bits per heavy atom. The molecular formula is C44H30N4S6. The van der Waals surface area contributed by atoms with Crippen LogP contribution in [0.25, 0.3) is 86.8 Å². The molecule has 8 bridgehead atoms. The van der Waals surface area contributed by atoms with Gasteiger partial charge in [0.05, 0.1) is 32.5 Å². The lowest BCUT2D eigenvalue weighted by molar-refractivity contribution is 1.28. The number of thiophene rings is 6. The second-order valence-electron chi connectivity index (χ2n) is 12.1. The molecule has 2 aliphatic rings. The molecule has 0 unspecified atom stereocenters. The Morgan fingerprint density at radius 2 is 0.704 bits per heavy atom. The lowest BCUT2D eigenvalue weighted by Gasteiger charge is -1.97. The van der Waals surface area contributed by atoms with E-state index in [1.807, 2.05) is 87.9 Å². The van der Waals surface area contributed by atoms with Crippen LogP contribution < -0.4 is 0 Å². The molecule has 9 aromatic rings. The Bertz CT molecular complexity index is 2530. The van der Waals surface area contributed by atoms with Gasteiger partial charge in [-0.05, 0) is 142 Å². The molecular weight excluding hydrogens is 777 g/mol. The number of nitrogens with one attached hydrogen (secondary N) is 2. The van der Waals surface area contributed by atoms with E-state index in [1.54, 1.807) is 22.7 Å². The zero-order chi connectivity index (χ0) is 36.1. The van der Waals surface area contributed by atoms with Crippen LogP contribution >= 0.6 is 68.0 Å². The van der Waals surface area contributed by atoms with Crippen LogP contribution in [0.5, 0.6) is 0 Å². The van der Waals surface area contributed by atoms with Crippen LogP contribution in [0.4, 0.5) is 0 Å². The first-order valence-electron chi connectivity index (χ1n) is 17.1. The number of fused-ring (bicyclic) bond motifs is 8. The Balaban J connectivity index is 0.000000112. The van der Waals surface area contributed by atoms with Gasteiger partial charge in [-0.1, -0.05) is 24.3 Å². The Hall–Kier alpha value is -5.20. The molecule has 0 atom stereocenters. The van der Waals surface area contributed by atoms with Gasteiger partial charge in [-0.15, -0.1) is 68.0 Å². The van der Waals surface area contributed by atoms with Gasteiger partial charge in [0.25, 0.3) is 0 Å². The summed E-state index contributed by atoms with van der Waals surface area (Å²) >= 11 is 10.9. The summed E-state index contributed by atoms with van der Waals surface area (Å²) < 4.78 is 0. The molecule has 0 fully saturated rings. The molecule has 2 N–H and O–H groups in total. The number of nitrogens with zero attached hydrogens (tertiary/aromatic N) is 2. The first kappa shape index (κ1) is 34.6. The zero-order valence-electron chi connectivity index (χ0n) is 28.5. The topological polar surface area (TPSA) is 57.4 Å². The number of H-pyrrole nitrogens is 2. The Labute approximate surface area is 336 Å². The second kappa shape index (κ2) is 16.0. The average molecular weight is 807 g/mol. The minimum Gasteiger partial charge on any atom is -0.355 e. The highest BCUT2D eigenvalue weighted by atomic mass is 32.1. The number of hydrogen-bond acceptors (Lipinski definition) is 8. The van der Waals surface area contributed by atoms with E-state index in [4.69, 9.17) is 0 Å². The van der Waals surface area contributed by atoms with Crippen LogP contribution in [0.15, 0.2) is 141 Å². The third kappa shape index (κ3) is 8.00. The molecule has 11 heterocycles. The van der Waals surface area contributed by atoms with E-state index in [9.17, 15) is 0 Å². The van der Waals surface area contributed by atoms with E-state index in [1.165, 1.54) is 40.4 Å². The smallest absolute Gasteiger partial charge is 0.0659 e. The van der Waals surface area contributed by atoms with Crippen LogP contribution in [0, 0.1) is 0 Å². The largest absolute Gasteiger partial charge is 0.355 e. The quantitative estimate of drug-likeness (QED) is 0.186. The fraction of sp³-hybridized carbons (Fsp3) is 0. The summed E-state index contributed by atoms with van der Waals surface area (Å²) in [5, 5.41) is 12.9. The Morgan fingerprint density at radius 3 is 1.09 bits per heavy atom. The van der Waals surface area contributed by atoms with Gasteiger partial charge in [0.2, 0.25) is 0 Å². The van der Waals surface area contributed by atoms with Crippen molar-refractivity contribution in [1.82, 2.24) is 19.9 Å². The maximum absolute atomic E-state index is 4.62. The van der Waals surface area contributed by atoms with Gasteiger partial charge in [-0.3, -0.25) is 0 Å². The summed E-state index contributed by atoms with van der Waals surface area (Å²) in [6, 6.07) is 38.0. The van der Waals surface area contributed by atoms with Crippen molar-refractivity contribution in [2.75, 3.05) is 0 Å². The minimum absolute atomic E-state index is 0.915.